The van der Waals surface area contributed by atoms with Gasteiger partial charge in [0, 0.05) is 43.8 Å². The molecule has 0 aliphatic rings. The third-order valence-corrected chi connectivity index (χ3v) is 4.39. The molecular weight excluding hydrogens is 334 g/mol. The first-order chi connectivity index (χ1) is 11.9. The minimum Gasteiger partial charge on any atom is -0.495 e. The number of aromatic nitrogens is 1. The van der Waals surface area contributed by atoms with E-state index in [1.165, 1.54) is 0 Å². The molecule has 138 valence electrons. The molecule has 0 saturated heterocycles. The molecule has 2 aromatic rings. The Morgan fingerprint density at radius 3 is 2.48 bits per heavy atom. The number of nitrogens with one attached hydrogen (secondary N) is 1. The van der Waals surface area contributed by atoms with E-state index >= 15 is 0 Å². The van der Waals surface area contributed by atoms with Crippen molar-refractivity contribution < 1.29 is 4.74 Å². The number of nitrogens with zero attached hydrogens (tertiary/aromatic N) is 2. The van der Waals surface area contributed by atoms with E-state index in [4.69, 9.17) is 16.3 Å². The number of hydrogen-bond acceptors (Lipinski definition) is 4. The summed E-state index contributed by atoms with van der Waals surface area (Å²) in [6.45, 7) is 13.1. The number of methoxy groups -OCH3 is 1. The van der Waals surface area contributed by atoms with Crippen LogP contribution in [0.2, 0.25) is 5.02 Å². The molecule has 0 radical (unpaired) electrons. The SMILES string of the molecule is COc1cc(NCCN(CC(C)C)CC(C)C)c2ncccc2c1Cl. The zero-order chi connectivity index (χ0) is 18.4. The molecule has 0 aliphatic heterocycles. The zero-order valence-corrected chi connectivity index (χ0v) is 16.7. The zero-order valence-electron chi connectivity index (χ0n) is 16.0. The van der Waals surface area contributed by atoms with Gasteiger partial charge >= 0.3 is 0 Å². The summed E-state index contributed by atoms with van der Waals surface area (Å²) in [5, 5.41) is 5.04. The fourth-order valence-electron chi connectivity index (χ4n) is 3.11. The molecule has 0 amide bonds. The fraction of sp³-hybridized carbons (Fsp3) is 0.550. The van der Waals surface area contributed by atoms with Crippen molar-refractivity contribution in [2.45, 2.75) is 27.7 Å². The summed E-state index contributed by atoms with van der Waals surface area (Å²) in [4.78, 5) is 7.01. The van der Waals surface area contributed by atoms with Gasteiger partial charge in [0.2, 0.25) is 0 Å². The quantitative estimate of drug-likeness (QED) is 0.685. The van der Waals surface area contributed by atoms with Crippen LogP contribution in [0.4, 0.5) is 5.69 Å². The summed E-state index contributed by atoms with van der Waals surface area (Å²) in [6, 6.07) is 5.81. The molecule has 0 fully saturated rings. The Balaban J connectivity index is 2.13. The molecule has 25 heavy (non-hydrogen) atoms. The summed E-state index contributed by atoms with van der Waals surface area (Å²) in [5.41, 5.74) is 1.85. The lowest BCUT2D eigenvalue weighted by atomic mass is 10.1. The number of pyridine rings is 1. The van der Waals surface area contributed by atoms with Crippen LogP contribution in [0.1, 0.15) is 27.7 Å². The number of halogens is 1. The Kier molecular flexibility index (Phi) is 7.33. The Labute approximate surface area is 156 Å². The lowest BCUT2D eigenvalue weighted by Gasteiger charge is -2.26. The van der Waals surface area contributed by atoms with Crippen LogP contribution in [0.5, 0.6) is 5.75 Å². The van der Waals surface area contributed by atoms with Crippen LogP contribution in [0.3, 0.4) is 0 Å². The van der Waals surface area contributed by atoms with Crippen LogP contribution in [0, 0.1) is 11.8 Å². The van der Waals surface area contributed by atoms with E-state index < -0.39 is 0 Å². The summed E-state index contributed by atoms with van der Waals surface area (Å²) in [5.74, 6) is 2.00. The number of fused-ring (bicyclic) bond motifs is 1. The Morgan fingerprint density at radius 2 is 1.88 bits per heavy atom. The first kappa shape index (κ1) is 19.8. The smallest absolute Gasteiger partial charge is 0.140 e. The van der Waals surface area contributed by atoms with E-state index in [9.17, 15) is 0 Å². The highest BCUT2D eigenvalue weighted by atomic mass is 35.5. The number of ether oxygens (including phenoxy) is 1. The lowest BCUT2D eigenvalue weighted by molar-refractivity contribution is 0.227. The van der Waals surface area contributed by atoms with Gasteiger partial charge in [-0.05, 0) is 24.0 Å². The molecule has 0 atom stereocenters. The van der Waals surface area contributed by atoms with Gasteiger partial charge in [-0.2, -0.15) is 0 Å². The van der Waals surface area contributed by atoms with Gasteiger partial charge in [0.05, 0.1) is 23.3 Å². The minimum atomic E-state index is 0.609. The van der Waals surface area contributed by atoms with Crippen molar-refractivity contribution in [1.29, 1.82) is 0 Å². The highest BCUT2D eigenvalue weighted by molar-refractivity contribution is 6.37. The minimum absolute atomic E-state index is 0.609. The van der Waals surface area contributed by atoms with E-state index in [1.54, 1.807) is 13.3 Å². The third kappa shape index (κ3) is 5.48. The molecule has 0 aliphatic carbocycles. The fourth-order valence-corrected chi connectivity index (χ4v) is 3.40. The van der Waals surface area contributed by atoms with Gasteiger partial charge in [0.15, 0.2) is 0 Å². The summed E-state index contributed by atoms with van der Waals surface area (Å²) in [7, 11) is 1.64. The third-order valence-electron chi connectivity index (χ3n) is 4.00. The first-order valence-electron chi connectivity index (χ1n) is 8.99. The van der Waals surface area contributed by atoms with Gasteiger partial charge in [0.25, 0.3) is 0 Å². The Hall–Kier alpha value is -1.52. The normalized spacial score (nSPS) is 11.7. The summed E-state index contributed by atoms with van der Waals surface area (Å²) < 4.78 is 5.42. The number of hydrogen-bond donors (Lipinski definition) is 1. The maximum Gasteiger partial charge on any atom is 0.140 e. The van der Waals surface area contributed by atoms with Crippen LogP contribution >= 0.6 is 11.6 Å². The molecule has 4 nitrogen and oxygen atoms in total. The Bertz CT molecular complexity index is 678. The summed E-state index contributed by atoms with van der Waals surface area (Å²) in [6.07, 6.45) is 1.79. The molecule has 1 aromatic carbocycles. The van der Waals surface area contributed by atoms with Gasteiger partial charge in [-0.3, -0.25) is 4.98 Å². The maximum absolute atomic E-state index is 6.41. The van der Waals surface area contributed by atoms with E-state index in [-0.39, 0.29) is 0 Å². The highest BCUT2D eigenvalue weighted by Crippen LogP contribution is 2.36. The first-order valence-corrected chi connectivity index (χ1v) is 9.37. The predicted molar refractivity (Wildman–Crippen MR) is 108 cm³/mol. The van der Waals surface area contributed by atoms with Crippen molar-refractivity contribution in [3.05, 3.63) is 29.4 Å². The second-order valence-electron chi connectivity index (χ2n) is 7.31. The average molecular weight is 364 g/mol. The molecule has 1 heterocycles. The van der Waals surface area contributed by atoms with Gasteiger partial charge in [-0.1, -0.05) is 39.3 Å². The van der Waals surface area contributed by atoms with Gasteiger partial charge < -0.3 is 15.0 Å². The molecule has 0 saturated carbocycles. The molecule has 0 spiro atoms. The molecule has 2 rings (SSSR count). The molecule has 0 unspecified atom stereocenters. The van der Waals surface area contributed by atoms with Crippen molar-refractivity contribution in [2.24, 2.45) is 11.8 Å². The number of benzene rings is 1. The average Bonchev–Trinajstić information content (AvgIpc) is 2.56. The second-order valence-corrected chi connectivity index (χ2v) is 7.69. The monoisotopic (exact) mass is 363 g/mol. The van der Waals surface area contributed by atoms with Gasteiger partial charge in [-0.15, -0.1) is 0 Å². The molecule has 5 heteroatoms. The van der Waals surface area contributed by atoms with E-state index in [0.717, 1.165) is 42.8 Å². The van der Waals surface area contributed by atoms with Crippen LogP contribution in [0.15, 0.2) is 24.4 Å². The number of rotatable bonds is 9. The Morgan fingerprint density at radius 1 is 1.20 bits per heavy atom. The lowest BCUT2D eigenvalue weighted by Crippen LogP contribution is -2.35. The van der Waals surface area contributed by atoms with Crippen LogP contribution in [0.25, 0.3) is 10.9 Å². The van der Waals surface area contributed by atoms with Crippen LogP contribution in [-0.2, 0) is 0 Å². The van der Waals surface area contributed by atoms with Crippen LogP contribution in [-0.4, -0.2) is 43.2 Å². The van der Waals surface area contributed by atoms with Crippen molar-refractivity contribution in [2.75, 3.05) is 38.6 Å². The van der Waals surface area contributed by atoms with Crippen molar-refractivity contribution in [3.8, 4) is 5.75 Å². The maximum atomic E-state index is 6.41. The standard InChI is InChI=1S/C20H30ClN3O/c1-14(2)12-24(13-15(3)4)10-9-22-17-11-18(25-5)19(21)16-7-6-8-23-20(16)17/h6-8,11,14-15,22H,9-10,12-13H2,1-5H3. The van der Waals surface area contributed by atoms with Crippen LogP contribution < -0.4 is 10.1 Å². The predicted octanol–water partition coefficient (Wildman–Crippen LogP) is 4.92. The molecular formula is C20H30ClN3O. The summed E-state index contributed by atoms with van der Waals surface area (Å²) >= 11 is 6.41. The van der Waals surface area contributed by atoms with Gasteiger partial charge in [0.1, 0.15) is 5.75 Å². The van der Waals surface area contributed by atoms with Crippen molar-refractivity contribution in [1.82, 2.24) is 9.88 Å². The van der Waals surface area contributed by atoms with Crippen molar-refractivity contribution in [3.63, 3.8) is 0 Å². The van der Waals surface area contributed by atoms with Gasteiger partial charge in [-0.25, -0.2) is 0 Å². The van der Waals surface area contributed by atoms with E-state index in [0.29, 0.717) is 22.6 Å². The second kappa shape index (κ2) is 9.25. The topological polar surface area (TPSA) is 37.4 Å². The highest BCUT2D eigenvalue weighted by Gasteiger charge is 2.13. The molecule has 1 N–H and O–H groups in total. The van der Waals surface area contributed by atoms with E-state index in [1.807, 2.05) is 18.2 Å². The number of anilines is 1. The largest absolute Gasteiger partial charge is 0.495 e. The molecule has 1 aromatic heterocycles. The molecule has 0 bridgehead atoms. The van der Waals surface area contributed by atoms with Crippen molar-refractivity contribution >= 4 is 28.2 Å². The van der Waals surface area contributed by atoms with E-state index in [2.05, 4.69) is 42.9 Å².